The molecule has 0 radical (unpaired) electrons. The molecule has 0 spiro atoms. The van der Waals surface area contributed by atoms with Crippen LogP contribution in [0.3, 0.4) is 0 Å². The number of pyridine rings is 1. The predicted octanol–water partition coefficient (Wildman–Crippen LogP) is 3.59. The number of halogens is 2. The van der Waals surface area contributed by atoms with Crippen molar-refractivity contribution in [3.8, 4) is 11.4 Å². The number of fused-ring (bicyclic) bond motifs is 1. The van der Waals surface area contributed by atoms with Gasteiger partial charge in [-0.15, -0.1) is 15.3 Å². The highest BCUT2D eigenvalue weighted by molar-refractivity contribution is 6.36. The number of benzene rings is 1. The number of anilines is 3. The molecular formula is C20H19Cl2N9O. The molecule has 0 saturated heterocycles. The quantitative estimate of drug-likeness (QED) is 0.260. The third-order valence-electron chi connectivity index (χ3n) is 4.60. The summed E-state index contributed by atoms with van der Waals surface area (Å²) in [4.78, 5) is 20.6. The summed E-state index contributed by atoms with van der Waals surface area (Å²) in [5.74, 6) is 1.64. The maximum Gasteiger partial charge on any atom is 0.220 e. The summed E-state index contributed by atoms with van der Waals surface area (Å²) in [6, 6.07) is 8.51. The summed E-state index contributed by atoms with van der Waals surface area (Å²) in [7, 11) is 0. The number of hydrogen-bond donors (Lipinski definition) is 3. The van der Waals surface area contributed by atoms with Crippen LogP contribution < -0.4 is 16.4 Å². The molecule has 3 aromatic heterocycles. The minimum absolute atomic E-state index is 0.0408. The average Bonchev–Trinajstić information content (AvgIpc) is 3.25. The van der Waals surface area contributed by atoms with Gasteiger partial charge in [-0.2, -0.15) is 4.52 Å². The first kappa shape index (κ1) is 21.7. The zero-order valence-electron chi connectivity index (χ0n) is 17.0. The van der Waals surface area contributed by atoms with E-state index in [0.29, 0.717) is 63.8 Å². The number of nitrogens with two attached hydrogens (primary N) is 1. The van der Waals surface area contributed by atoms with Crippen molar-refractivity contribution in [2.24, 2.45) is 0 Å². The van der Waals surface area contributed by atoms with Crippen molar-refractivity contribution in [3.05, 3.63) is 52.3 Å². The molecule has 4 rings (SSSR count). The van der Waals surface area contributed by atoms with Crippen molar-refractivity contribution in [1.82, 2.24) is 29.8 Å². The van der Waals surface area contributed by atoms with Gasteiger partial charge in [0.2, 0.25) is 5.65 Å². The summed E-state index contributed by atoms with van der Waals surface area (Å²) in [6.45, 7) is 2.78. The predicted molar refractivity (Wildman–Crippen MR) is 124 cm³/mol. The van der Waals surface area contributed by atoms with Gasteiger partial charge in [-0.25, -0.2) is 9.97 Å². The Morgan fingerprint density at radius 3 is 2.69 bits per heavy atom. The molecule has 0 aliphatic heterocycles. The summed E-state index contributed by atoms with van der Waals surface area (Å²) in [5.41, 5.74) is 7.43. The standard InChI is InChI=1S/C20H19Cl2N9O/c1-2-15(32)13-5-6-16(27-17(13)23)24-7-8-25-19-20-29-26-10-31(20)30-18(28-19)12-4-3-11(21)9-14(12)22/h3-6,9-10H,2,7-8H2,1H3,(H3,23,24,27)(H,25,28,30). The fraction of sp³-hybridized carbons (Fsp3) is 0.200. The first-order chi connectivity index (χ1) is 15.5. The summed E-state index contributed by atoms with van der Waals surface area (Å²) < 4.78 is 1.52. The number of aromatic nitrogens is 6. The lowest BCUT2D eigenvalue weighted by Gasteiger charge is -2.11. The van der Waals surface area contributed by atoms with Crippen molar-refractivity contribution in [2.75, 3.05) is 29.5 Å². The van der Waals surface area contributed by atoms with E-state index in [9.17, 15) is 4.79 Å². The van der Waals surface area contributed by atoms with E-state index >= 15 is 0 Å². The van der Waals surface area contributed by atoms with Crippen LogP contribution in [0.15, 0.2) is 36.7 Å². The van der Waals surface area contributed by atoms with Gasteiger partial charge in [-0.05, 0) is 30.3 Å². The van der Waals surface area contributed by atoms with E-state index in [1.807, 2.05) is 0 Å². The number of hydrogen-bond acceptors (Lipinski definition) is 9. The topological polar surface area (TPSA) is 136 Å². The number of carbonyl (C=O) groups is 1. The highest BCUT2D eigenvalue weighted by atomic mass is 35.5. The first-order valence-corrected chi connectivity index (χ1v) is 10.5. The van der Waals surface area contributed by atoms with Crippen LogP contribution in [0.25, 0.3) is 17.0 Å². The van der Waals surface area contributed by atoms with Gasteiger partial charge in [0.15, 0.2) is 17.4 Å². The number of ketones is 1. The highest BCUT2D eigenvalue weighted by Crippen LogP contribution is 2.29. The Balaban J connectivity index is 1.47. The van der Waals surface area contributed by atoms with Crippen LogP contribution in [-0.2, 0) is 0 Å². The van der Waals surface area contributed by atoms with Crippen molar-refractivity contribution >= 4 is 52.1 Å². The van der Waals surface area contributed by atoms with Crippen LogP contribution >= 0.6 is 23.2 Å². The van der Waals surface area contributed by atoms with Gasteiger partial charge in [-0.3, -0.25) is 4.79 Å². The van der Waals surface area contributed by atoms with E-state index in [1.54, 1.807) is 37.3 Å². The Morgan fingerprint density at radius 2 is 1.94 bits per heavy atom. The number of nitrogen functional groups attached to an aromatic ring is 1. The minimum atomic E-state index is -0.0408. The van der Waals surface area contributed by atoms with Crippen molar-refractivity contribution < 1.29 is 4.79 Å². The Morgan fingerprint density at radius 1 is 1.12 bits per heavy atom. The molecule has 0 unspecified atom stereocenters. The van der Waals surface area contributed by atoms with Crippen LogP contribution in [0, 0.1) is 0 Å². The van der Waals surface area contributed by atoms with E-state index in [1.165, 1.54) is 10.8 Å². The molecule has 0 aliphatic rings. The SMILES string of the molecule is CCC(=O)c1ccc(NCCNc2nc(-c3ccc(Cl)cc3Cl)nn3cnnc23)nc1N. The molecule has 32 heavy (non-hydrogen) atoms. The average molecular weight is 472 g/mol. The van der Waals surface area contributed by atoms with Crippen LogP contribution in [0.1, 0.15) is 23.7 Å². The Kier molecular flexibility index (Phi) is 6.33. The fourth-order valence-corrected chi connectivity index (χ4v) is 3.51. The zero-order chi connectivity index (χ0) is 22.7. The Bertz CT molecular complexity index is 1290. The van der Waals surface area contributed by atoms with Crippen LogP contribution in [-0.4, -0.2) is 48.7 Å². The van der Waals surface area contributed by atoms with E-state index in [-0.39, 0.29) is 11.6 Å². The van der Waals surface area contributed by atoms with Crippen LogP contribution in [0.2, 0.25) is 10.0 Å². The van der Waals surface area contributed by atoms with Gasteiger partial charge in [0.1, 0.15) is 18.0 Å². The molecule has 0 atom stereocenters. The van der Waals surface area contributed by atoms with E-state index < -0.39 is 0 Å². The molecule has 4 N–H and O–H groups in total. The van der Waals surface area contributed by atoms with Crippen LogP contribution in [0.5, 0.6) is 0 Å². The van der Waals surface area contributed by atoms with E-state index in [0.717, 1.165) is 0 Å². The first-order valence-electron chi connectivity index (χ1n) is 9.77. The number of carbonyl (C=O) groups excluding carboxylic acids is 1. The molecular weight excluding hydrogens is 453 g/mol. The van der Waals surface area contributed by atoms with E-state index in [4.69, 9.17) is 28.9 Å². The minimum Gasteiger partial charge on any atom is -0.383 e. The maximum absolute atomic E-state index is 11.8. The Hall–Kier alpha value is -3.50. The molecule has 0 amide bonds. The second-order valence-corrected chi connectivity index (χ2v) is 7.61. The number of Topliss-reactive ketones (excluding diaryl/α,β-unsaturated/α-hetero) is 1. The number of nitrogens with zero attached hydrogens (tertiary/aromatic N) is 6. The van der Waals surface area contributed by atoms with Gasteiger partial charge in [-0.1, -0.05) is 30.1 Å². The number of nitrogens with one attached hydrogen (secondary N) is 2. The summed E-state index contributed by atoms with van der Waals surface area (Å²) >= 11 is 12.3. The summed E-state index contributed by atoms with van der Waals surface area (Å²) in [6.07, 6.45) is 1.86. The van der Waals surface area contributed by atoms with Gasteiger partial charge in [0, 0.05) is 30.1 Å². The Labute approximate surface area is 193 Å². The second kappa shape index (κ2) is 9.33. The van der Waals surface area contributed by atoms with Crippen molar-refractivity contribution in [2.45, 2.75) is 13.3 Å². The zero-order valence-corrected chi connectivity index (χ0v) is 18.5. The highest BCUT2D eigenvalue weighted by Gasteiger charge is 2.14. The molecule has 0 fully saturated rings. The smallest absolute Gasteiger partial charge is 0.220 e. The van der Waals surface area contributed by atoms with Gasteiger partial charge in [0.05, 0.1) is 10.6 Å². The largest absolute Gasteiger partial charge is 0.383 e. The van der Waals surface area contributed by atoms with Crippen LogP contribution in [0.4, 0.5) is 17.5 Å². The van der Waals surface area contributed by atoms with E-state index in [2.05, 4.69) is 35.9 Å². The van der Waals surface area contributed by atoms with Crippen molar-refractivity contribution in [1.29, 1.82) is 0 Å². The van der Waals surface area contributed by atoms with Gasteiger partial charge in [0.25, 0.3) is 0 Å². The molecule has 4 aromatic rings. The third kappa shape index (κ3) is 4.56. The molecule has 3 heterocycles. The lowest BCUT2D eigenvalue weighted by Crippen LogP contribution is -2.17. The molecule has 1 aromatic carbocycles. The summed E-state index contributed by atoms with van der Waals surface area (Å²) in [5, 5.41) is 19.7. The lowest BCUT2D eigenvalue weighted by molar-refractivity contribution is 0.0989. The van der Waals surface area contributed by atoms with Gasteiger partial charge < -0.3 is 16.4 Å². The van der Waals surface area contributed by atoms with Gasteiger partial charge >= 0.3 is 0 Å². The monoisotopic (exact) mass is 471 g/mol. The third-order valence-corrected chi connectivity index (χ3v) is 5.15. The number of rotatable bonds is 8. The molecule has 0 saturated carbocycles. The molecule has 164 valence electrons. The maximum atomic E-state index is 11.8. The molecule has 12 heteroatoms. The molecule has 0 aliphatic carbocycles. The second-order valence-electron chi connectivity index (χ2n) is 6.77. The van der Waals surface area contributed by atoms with Crippen molar-refractivity contribution in [3.63, 3.8) is 0 Å². The fourth-order valence-electron chi connectivity index (χ4n) is 3.01. The normalized spacial score (nSPS) is 11.0. The molecule has 10 nitrogen and oxygen atoms in total. The molecule has 0 bridgehead atoms. The lowest BCUT2D eigenvalue weighted by atomic mass is 10.1.